The molecule has 1 heteroatoms. The third-order valence-electron chi connectivity index (χ3n) is 6.11. The highest BCUT2D eigenvalue weighted by atomic mass is 31.1. The topological polar surface area (TPSA) is 0 Å². The summed E-state index contributed by atoms with van der Waals surface area (Å²) in [5.74, 6) is 0. The van der Waals surface area contributed by atoms with Gasteiger partial charge < -0.3 is 0 Å². The highest BCUT2D eigenvalue weighted by Crippen LogP contribution is 2.41. The van der Waals surface area contributed by atoms with Crippen LogP contribution in [0.5, 0.6) is 0 Å². The summed E-state index contributed by atoms with van der Waals surface area (Å²) in [6, 6.07) is 46.4. The molecular formula is C34H31P. The van der Waals surface area contributed by atoms with Crippen LogP contribution in [0.4, 0.5) is 0 Å². The van der Waals surface area contributed by atoms with Gasteiger partial charge in [0.05, 0.1) is 0 Å². The van der Waals surface area contributed by atoms with Gasteiger partial charge in [-0.2, -0.15) is 0 Å². The van der Waals surface area contributed by atoms with Gasteiger partial charge in [-0.15, -0.1) is 0 Å². The average Bonchev–Trinajstić information content (AvgIpc) is 2.89. The zero-order chi connectivity index (χ0) is 24.3. The van der Waals surface area contributed by atoms with E-state index < -0.39 is 7.92 Å². The van der Waals surface area contributed by atoms with E-state index in [0.717, 1.165) is 0 Å². The third-order valence-corrected chi connectivity index (χ3v) is 8.59. The van der Waals surface area contributed by atoms with Crippen molar-refractivity contribution in [2.75, 3.05) is 0 Å². The van der Waals surface area contributed by atoms with Gasteiger partial charge in [0.25, 0.3) is 0 Å². The molecular weight excluding hydrogens is 439 g/mol. The Labute approximate surface area is 210 Å². The molecule has 0 nitrogen and oxygen atoms in total. The van der Waals surface area contributed by atoms with Crippen molar-refractivity contribution in [2.45, 2.75) is 20.8 Å². The van der Waals surface area contributed by atoms with Gasteiger partial charge in [0, 0.05) is 0 Å². The lowest BCUT2D eigenvalue weighted by atomic mass is 9.86. The zero-order valence-electron chi connectivity index (χ0n) is 20.6. The summed E-state index contributed by atoms with van der Waals surface area (Å²) >= 11 is 0. The zero-order valence-corrected chi connectivity index (χ0v) is 21.5. The molecule has 0 saturated carbocycles. The fraction of sp³-hybridized carbons (Fsp3) is 0.118. The first-order chi connectivity index (χ1) is 17.0. The van der Waals surface area contributed by atoms with E-state index in [2.05, 4.69) is 154 Å². The lowest BCUT2D eigenvalue weighted by Crippen LogP contribution is -2.24. The van der Waals surface area contributed by atoms with Crippen LogP contribution in [0, 0.1) is 5.41 Å². The molecule has 0 bridgehead atoms. The van der Waals surface area contributed by atoms with Crippen LogP contribution in [-0.4, -0.2) is 0 Å². The Hall–Kier alpha value is -3.47. The molecule has 0 aliphatic rings. The molecule has 0 amide bonds. The molecule has 172 valence electrons. The first-order valence-corrected chi connectivity index (χ1v) is 13.6. The van der Waals surface area contributed by atoms with Crippen LogP contribution in [0.25, 0.3) is 16.3 Å². The molecule has 0 spiro atoms. The van der Waals surface area contributed by atoms with Gasteiger partial charge in [-0.1, -0.05) is 154 Å². The average molecular weight is 471 g/mol. The minimum atomic E-state index is -0.745. The summed E-state index contributed by atoms with van der Waals surface area (Å²) in [7, 11) is -0.745. The van der Waals surface area contributed by atoms with E-state index >= 15 is 0 Å². The van der Waals surface area contributed by atoms with E-state index in [1.165, 1.54) is 43.4 Å². The lowest BCUT2D eigenvalue weighted by Gasteiger charge is -2.26. The largest absolute Gasteiger partial charge is 0.0706 e. The van der Waals surface area contributed by atoms with Crippen molar-refractivity contribution in [3.8, 4) is 0 Å². The summed E-state index contributed by atoms with van der Waals surface area (Å²) in [6.07, 6.45) is 2.46. The highest BCUT2D eigenvalue weighted by molar-refractivity contribution is 7.80. The fourth-order valence-corrected chi connectivity index (χ4v) is 7.14. The minimum Gasteiger partial charge on any atom is -0.0706 e. The molecule has 0 fully saturated rings. The van der Waals surface area contributed by atoms with Crippen LogP contribution >= 0.6 is 7.92 Å². The molecule has 0 atom stereocenters. The maximum Gasteiger partial charge on any atom is -0.00187 e. The summed E-state index contributed by atoms with van der Waals surface area (Å²) < 4.78 is 0. The van der Waals surface area contributed by atoms with Crippen molar-refractivity contribution in [3.63, 3.8) is 0 Å². The van der Waals surface area contributed by atoms with Crippen molar-refractivity contribution in [1.29, 1.82) is 0 Å². The van der Waals surface area contributed by atoms with E-state index in [0.29, 0.717) is 0 Å². The van der Waals surface area contributed by atoms with Crippen LogP contribution in [0.3, 0.4) is 0 Å². The molecule has 0 aliphatic carbocycles. The quantitative estimate of drug-likeness (QED) is 0.228. The summed E-state index contributed by atoms with van der Waals surface area (Å²) in [5.41, 5.74) is 3.95. The number of hydrogen-bond acceptors (Lipinski definition) is 0. The first kappa shape index (κ1) is 23.3. The summed E-state index contributed by atoms with van der Waals surface area (Å²) in [4.78, 5) is 0. The molecule has 5 rings (SSSR count). The van der Waals surface area contributed by atoms with Gasteiger partial charge in [-0.3, -0.25) is 0 Å². The Morgan fingerprint density at radius 2 is 1.09 bits per heavy atom. The van der Waals surface area contributed by atoms with Crippen LogP contribution < -0.4 is 15.9 Å². The maximum absolute atomic E-state index is 2.46. The molecule has 0 radical (unpaired) electrons. The van der Waals surface area contributed by atoms with E-state index in [1.54, 1.807) is 0 Å². The number of fused-ring (bicyclic) bond motifs is 1. The lowest BCUT2D eigenvalue weighted by molar-refractivity contribution is 0.546. The minimum absolute atomic E-state index is 0.0294. The second-order valence-electron chi connectivity index (χ2n) is 9.98. The Morgan fingerprint density at radius 1 is 0.571 bits per heavy atom. The fourth-order valence-electron chi connectivity index (χ4n) is 4.66. The van der Waals surface area contributed by atoms with E-state index in [4.69, 9.17) is 0 Å². The molecule has 0 saturated heterocycles. The van der Waals surface area contributed by atoms with Gasteiger partial charge in [0.15, 0.2) is 0 Å². The first-order valence-electron chi connectivity index (χ1n) is 12.2. The summed E-state index contributed by atoms with van der Waals surface area (Å²) in [5, 5.41) is 6.72. The monoisotopic (exact) mass is 470 g/mol. The van der Waals surface area contributed by atoms with Gasteiger partial charge in [-0.05, 0) is 56.7 Å². The third kappa shape index (κ3) is 5.14. The van der Waals surface area contributed by atoms with Crippen LogP contribution in [0.1, 0.15) is 31.9 Å². The van der Waals surface area contributed by atoms with Crippen molar-refractivity contribution in [1.82, 2.24) is 0 Å². The van der Waals surface area contributed by atoms with Crippen LogP contribution in [0.15, 0.2) is 133 Å². The van der Waals surface area contributed by atoms with E-state index in [-0.39, 0.29) is 5.41 Å². The smallest absolute Gasteiger partial charge is 0.00187 e. The Morgan fingerprint density at radius 3 is 1.66 bits per heavy atom. The number of rotatable bonds is 5. The van der Waals surface area contributed by atoms with Crippen molar-refractivity contribution in [2.24, 2.45) is 5.41 Å². The molecule has 0 unspecified atom stereocenters. The molecule has 35 heavy (non-hydrogen) atoms. The van der Waals surface area contributed by atoms with Crippen molar-refractivity contribution in [3.05, 3.63) is 145 Å². The predicted octanol–water partition coefficient (Wildman–Crippen LogP) is 8.08. The number of allylic oxidation sites excluding steroid dienone is 1. The van der Waals surface area contributed by atoms with E-state index in [9.17, 15) is 0 Å². The normalized spacial score (nSPS) is 12.3. The number of hydrogen-bond donors (Lipinski definition) is 0. The van der Waals surface area contributed by atoms with Gasteiger partial charge in [0.1, 0.15) is 0 Å². The van der Waals surface area contributed by atoms with E-state index in [1.807, 2.05) is 0 Å². The molecule has 0 aromatic heterocycles. The van der Waals surface area contributed by atoms with Gasteiger partial charge in [0.2, 0.25) is 0 Å². The Bertz CT molecular complexity index is 1400. The maximum atomic E-state index is 2.46. The van der Waals surface area contributed by atoms with Gasteiger partial charge in [-0.25, -0.2) is 0 Å². The van der Waals surface area contributed by atoms with Crippen molar-refractivity contribution >= 4 is 40.2 Å². The SMILES string of the molecule is CC(C)(C)C=C(c1ccccc1)c1c(P(c2ccccc2)c2ccccc2)ccc2ccccc12. The Kier molecular flexibility index (Phi) is 6.67. The summed E-state index contributed by atoms with van der Waals surface area (Å²) in [6.45, 7) is 6.87. The second kappa shape index (κ2) is 10.0. The predicted molar refractivity (Wildman–Crippen MR) is 156 cm³/mol. The second-order valence-corrected chi connectivity index (χ2v) is 12.2. The standard InChI is InChI=1S/C34H31P/c1-34(2,3)25-31(26-15-7-4-8-16-26)33-30-22-14-13-17-27(30)23-24-32(33)35(28-18-9-5-10-19-28)29-20-11-6-12-21-29/h4-25H,1-3H3. The van der Waals surface area contributed by atoms with Crippen molar-refractivity contribution < 1.29 is 0 Å². The van der Waals surface area contributed by atoms with Gasteiger partial charge >= 0.3 is 0 Å². The Balaban J connectivity index is 1.89. The van der Waals surface area contributed by atoms with Crippen LogP contribution in [0.2, 0.25) is 0 Å². The highest BCUT2D eigenvalue weighted by Gasteiger charge is 2.24. The molecule has 5 aromatic rings. The molecule has 0 N–H and O–H groups in total. The molecule has 0 aliphatic heterocycles. The number of benzene rings is 5. The molecule has 5 aromatic carbocycles. The molecule has 0 heterocycles. The van der Waals surface area contributed by atoms with Crippen LogP contribution in [-0.2, 0) is 0 Å².